The summed E-state index contributed by atoms with van der Waals surface area (Å²) >= 11 is 5.37. The number of piperidine rings is 5. The molecular formula is C38H58ClN7O5. The zero-order valence-corrected chi connectivity index (χ0v) is 31.7. The Bertz CT molecular complexity index is 1310. The summed E-state index contributed by atoms with van der Waals surface area (Å²) in [5, 5.41) is 17.2. The van der Waals surface area contributed by atoms with E-state index in [2.05, 4.69) is 63.4 Å². The van der Waals surface area contributed by atoms with Gasteiger partial charge in [0.15, 0.2) is 0 Å². The van der Waals surface area contributed by atoms with Crippen molar-refractivity contribution in [2.24, 2.45) is 88.8 Å². The lowest BCUT2D eigenvalue weighted by molar-refractivity contribution is -0.139. The molecule has 5 saturated carbocycles. The number of nitrogens with zero attached hydrogens (tertiary/aromatic N) is 7. The second-order valence-electron chi connectivity index (χ2n) is 17.5. The predicted molar refractivity (Wildman–Crippen MR) is 194 cm³/mol. The minimum absolute atomic E-state index is 0.00352. The Balaban J connectivity index is 0.000000110. The molecule has 10 aliphatic rings. The van der Waals surface area contributed by atoms with Crippen molar-refractivity contribution in [3.63, 3.8) is 0 Å². The van der Waals surface area contributed by atoms with Crippen molar-refractivity contribution < 1.29 is 29.4 Å². The molecule has 13 heteroatoms. The number of carbonyl (C=O) groups excluding carboxylic acids is 2. The number of likely N-dealkylation sites (tertiary alicyclic amines) is 5. The van der Waals surface area contributed by atoms with E-state index in [0.717, 1.165) is 81.5 Å². The lowest BCUT2D eigenvalue weighted by Crippen LogP contribution is -2.22. The van der Waals surface area contributed by atoms with Crippen molar-refractivity contribution in [3.05, 3.63) is 5.53 Å². The van der Waals surface area contributed by atoms with Gasteiger partial charge in [-0.05, 0) is 118 Å². The number of hydrogen-bond donors (Lipinski definition) is 2. The van der Waals surface area contributed by atoms with E-state index >= 15 is 0 Å². The highest BCUT2D eigenvalue weighted by Gasteiger charge is 2.60. The van der Waals surface area contributed by atoms with Gasteiger partial charge in [0.2, 0.25) is 11.0 Å². The van der Waals surface area contributed by atoms with Crippen molar-refractivity contribution >= 4 is 34.8 Å². The molecule has 10 atom stereocenters. The lowest BCUT2D eigenvalue weighted by Gasteiger charge is -2.11. The summed E-state index contributed by atoms with van der Waals surface area (Å²) in [5.41, 5.74) is 8.17. The summed E-state index contributed by atoms with van der Waals surface area (Å²) in [5.74, 6) is 10.9. The minimum Gasteiger partial charge on any atom is -0.481 e. The molecule has 0 aromatic carbocycles. The van der Waals surface area contributed by atoms with Gasteiger partial charge in [0.1, 0.15) is 0 Å². The van der Waals surface area contributed by atoms with Crippen LogP contribution in [0, 0.1) is 101 Å². The van der Waals surface area contributed by atoms with Crippen molar-refractivity contribution in [2.75, 3.05) is 107 Å². The number of carbonyl (C=O) groups is 3. The number of aliphatic hydroxyl groups is 1. The van der Waals surface area contributed by atoms with E-state index in [4.69, 9.17) is 33.8 Å². The number of ketones is 1. The molecule has 2 N–H and O–H groups in total. The number of carboxylic acid groups (broad SMARTS) is 1. The normalized spacial score (nSPS) is 44.2. The van der Waals surface area contributed by atoms with E-state index in [1.807, 2.05) is 7.05 Å². The molecule has 0 radical (unpaired) electrons. The highest BCUT2D eigenvalue weighted by atomic mass is 35.5. The van der Waals surface area contributed by atoms with Crippen molar-refractivity contribution in [1.82, 2.24) is 24.5 Å². The number of aliphatic carboxylic acids is 1. The monoisotopic (exact) mass is 727 g/mol. The van der Waals surface area contributed by atoms with E-state index in [9.17, 15) is 14.4 Å². The molecule has 10 unspecified atom stereocenters. The SMILES string of the molecule is C#CC1C2CN(C)CC12.CN1CC2C(C1)C2C(=O)C=[N+]=[N-].CN1CC2C(C1)C2C(=O)Cl.CN1CC2C(C1)C2C(=O)O.CN1CC2C(CCO)C2C1. The Hall–Kier alpha value is -2.20. The second kappa shape index (κ2) is 15.6. The average molecular weight is 728 g/mol. The summed E-state index contributed by atoms with van der Waals surface area (Å²) in [6.45, 7) is 11.5. The third-order valence-electron chi connectivity index (χ3n) is 13.8. The van der Waals surface area contributed by atoms with E-state index in [-0.39, 0.29) is 28.8 Å². The van der Waals surface area contributed by atoms with E-state index < -0.39 is 5.97 Å². The van der Waals surface area contributed by atoms with Crippen LogP contribution in [0.1, 0.15) is 6.42 Å². The lowest BCUT2D eigenvalue weighted by atomic mass is 10.2. The molecule has 0 bridgehead atoms. The van der Waals surface area contributed by atoms with Gasteiger partial charge in [-0.1, -0.05) is 0 Å². The molecule has 0 aromatic rings. The van der Waals surface area contributed by atoms with Gasteiger partial charge in [-0.15, -0.1) is 12.3 Å². The number of aliphatic hydroxyl groups excluding tert-OH is 1. The van der Waals surface area contributed by atoms with Gasteiger partial charge in [-0.25, -0.2) is 0 Å². The maximum Gasteiger partial charge on any atom is 0.323 e. The van der Waals surface area contributed by atoms with Crippen LogP contribution in [0.2, 0.25) is 0 Å². The first-order valence-electron chi connectivity index (χ1n) is 18.9. The van der Waals surface area contributed by atoms with Crippen LogP contribution in [0.3, 0.4) is 0 Å². The van der Waals surface area contributed by atoms with E-state index in [1.54, 1.807) is 0 Å². The molecule has 51 heavy (non-hydrogen) atoms. The minimum atomic E-state index is -0.594. The van der Waals surface area contributed by atoms with Crippen LogP contribution in [-0.2, 0) is 14.4 Å². The Morgan fingerprint density at radius 2 is 1.04 bits per heavy atom. The van der Waals surface area contributed by atoms with E-state index in [0.29, 0.717) is 48.0 Å². The number of rotatable bonds is 6. The summed E-state index contributed by atoms with van der Waals surface area (Å²) in [7, 11) is 10.5. The van der Waals surface area contributed by atoms with Gasteiger partial charge in [0, 0.05) is 89.8 Å². The van der Waals surface area contributed by atoms with Crippen LogP contribution >= 0.6 is 11.6 Å². The first-order chi connectivity index (χ1) is 24.3. The number of terminal acetylenes is 1. The largest absolute Gasteiger partial charge is 0.481 e. The molecule has 0 spiro atoms. The Kier molecular flexibility index (Phi) is 11.8. The van der Waals surface area contributed by atoms with Crippen LogP contribution < -0.4 is 0 Å². The topological polar surface area (TPSA) is 144 Å². The molecule has 0 aromatic heterocycles. The first-order valence-corrected chi connectivity index (χ1v) is 19.3. The molecule has 0 amide bonds. The molecule has 282 valence electrons. The number of Topliss-reactive ketones (excluding diaryl/α,β-unsaturated/α-hetero) is 1. The fourth-order valence-corrected chi connectivity index (χ4v) is 11.2. The highest BCUT2D eigenvalue weighted by molar-refractivity contribution is 6.64. The van der Waals surface area contributed by atoms with Gasteiger partial charge in [-0.2, -0.15) is 4.79 Å². The first kappa shape index (κ1) is 38.5. The highest BCUT2D eigenvalue weighted by Crippen LogP contribution is 2.54. The summed E-state index contributed by atoms with van der Waals surface area (Å²) < 4.78 is 0. The summed E-state index contributed by atoms with van der Waals surface area (Å²) in [4.78, 5) is 46.5. The van der Waals surface area contributed by atoms with Crippen LogP contribution in [0.4, 0.5) is 0 Å². The fourth-order valence-electron chi connectivity index (χ4n) is 10.9. The van der Waals surface area contributed by atoms with Gasteiger partial charge in [0.05, 0.1) is 5.92 Å². The molecule has 10 fully saturated rings. The Morgan fingerprint density at radius 1 is 0.686 bits per heavy atom. The molecular weight excluding hydrogens is 670 g/mol. The van der Waals surface area contributed by atoms with Crippen molar-refractivity contribution in [2.45, 2.75) is 6.42 Å². The zero-order chi connectivity index (χ0) is 36.9. The second-order valence-corrected chi connectivity index (χ2v) is 17.9. The fraction of sp³-hybridized carbons (Fsp3) is 0.842. The van der Waals surface area contributed by atoms with Crippen LogP contribution in [-0.4, -0.2) is 170 Å². The molecule has 5 aliphatic heterocycles. The van der Waals surface area contributed by atoms with Gasteiger partial charge >= 0.3 is 12.2 Å². The Morgan fingerprint density at radius 3 is 1.37 bits per heavy atom. The molecule has 5 heterocycles. The molecule has 10 rings (SSSR count). The molecule has 5 aliphatic carbocycles. The smallest absolute Gasteiger partial charge is 0.323 e. The van der Waals surface area contributed by atoms with Crippen LogP contribution in [0.5, 0.6) is 0 Å². The average Bonchev–Trinajstić information content (AvgIpc) is 4.04. The van der Waals surface area contributed by atoms with Crippen molar-refractivity contribution in [3.8, 4) is 12.3 Å². The summed E-state index contributed by atoms with van der Waals surface area (Å²) in [6.07, 6.45) is 7.38. The van der Waals surface area contributed by atoms with Gasteiger partial charge < -0.3 is 40.2 Å². The number of carboxylic acids is 1. The Labute approximate surface area is 308 Å². The zero-order valence-electron chi connectivity index (χ0n) is 30.9. The summed E-state index contributed by atoms with van der Waals surface area (Å²) in [6, 6.07) is 0. The van der Waals surface area contributed by atoms with Gasteiger partial charge in [0.25, 0.3) is 0 Å². The maximum absolute atomic E-state index is 11.2. The van der Waals surface area contributed by atoms with E-state index in [1.165, 1.54) is 26.2 Å². The maximum atomic E-state index is 11.2. The standard InChI is InChI=1S/C8H11N3O.C8H15NO.C8H11N.C7H10ClNO.C7H11NO2/c1-11-3-5-6(4-11)8(5)7(12)2-10-9;1-9-4-7-6(2-3-10)8(7)5-9;1-3-6-7-4-9(2)5-8(6)7;1-9-2-4-5(3-9)6(4)7(8)10;1-8-2-4-5(3-8)6(4)7(9)10/h2,5-6,8H,3-4H2,1H3;6-8,10H,2-5H2,1H3;1,6-8H,4-5H2,2H3;4-6H,2-3H2,1H3;4-6H,2-3H2,1H3,(H,9,10). The number of halogens is 1. The van der Waals surface area contributed by atoms with Crippen molar-refractivity contribution in [1.29, 1.82) is 0 Å². The quantitative estimate of drug-likeness (QED) is 0.132. The van der Waals surface area contributed by atoms with Gasteiger partial charge in [-0.3, -0.25) is 14.4 Å². The third kappa shape index (κ3) is 8.63. The van der Waals surface area contributed by atoms with Crippen LogP contribution in [0.15, 0.2) is 0 Å². The third-order valence-corrected chi connectivity index (χ3v) is 14.0. The van der Waals surface area contributed by atoms with Crippen LogP contribution in [0.25, 0.3) is 5.53 Å². The predicted octanol–water partition coefficient (Wildman–Crippen LogP) is 0.705. The number of fused-ring (bicyclic) bond motifs is 5. The molecule has 5 saturated heterocycles. The number of hydrogen-bond acceptors (Lipinski definition) is 9. The molecule has 12 nitrogen and oxygen atoms in total.